The molecule has 1 aromatic carbocycles. The predicted molar refractivity (Wildman–Crippen MR) is 87.2 cm³/mol. The molecular weight excluding hydrogens is 294 g/mol. The molecule has 2 atom stereocenters. The van der Waals surface area contributed by atoms with Gasteiger partial charge in [-0.3, -0.25) is 0 Å². The summed E-state index contributed by atoms with van der Waals surface area (Å²) in [6.45, 7) is 2.33. The molecule has 0 radical (unpaired) electrons. The molecule has 1 aliphatic rings. The second-order valence-corrected chi connectivity index (χ2v) is 5.54. The summed E-state index contributed by atoms with van der Waals surface area (Å²) in [5.74, 6) is 2.03. The first-order chi connectivity index (χ1) is 11.1. The topological polar surface area (TPSA) is 59.8 Å². The third-order valence-electron chi connectivity index (χ3n) is 3.99. The minimum Gasteiger partial charge on any atom is -0.448 e. The Bertz CT molecular complexity index is 833. The third-order valence-corrected chi connectivity index (χ3v) is 3.99. The normalized spacial score (nSPS) is 18.6. The van der Waals surface area contributed by atoms with Crippen molar-refractivity contribution in [1.29, 1.82) is 0 Å². The quantitative estimate of drug-likeness (QED) is 0.494. The maximum Gasteiger partial charge on any atom is 0.338 e. The summed E-state index contributed by atoms with van der Waals surface area (Å²) in [6, 6.07) is 8.28. The van der Waals surface area contributed by atoms with Gasteiger partial charge in [0.15, 0.2) is 6.10 Å². The van der Waals surface area contributed by atoms with Gasteiger partial charge in [-0.2, -0.15) is 0 Å². The Kier molecular flexibility index (Phi) is 4.07. The molecule has 1 aromatic heterocycles. The molecule has 2 aromatic rings. The Balaban J connectivity index is 1.99. The summed E-state index contributed by atoms with van der Waals surface area (Å²) in [4.78, 5) is 26.1. The van der Waals surface area contributed by atoms with E-state index in [1.807, 2.05) is 17.0 Å². The number of terminal acetylenes is 1. The lowest BCUT2D eigenvalue weighted by Crippen LogP contribution is -2.39. The zero-order valence-corrected chi connectivity index (χ0v) is 12.8. The minimum absolute atomic E-state index is 0.356. The fourth-order valence-corrected chi connectivity index (χ4v) is 2.92. The van der Waals surface area contributed by atoms with Crippen LogP contribution in [-0.2, 0) is 9.53 Å². The van der Waals surface area contributed by atoms with Crippen molar-refractivity contribution in [3.05, 3.63) is 40.8 Å². The van der Waals surface area contributed by atoms with Crippen molar-refractivity contribution in [2.24, 2.45) is 0 Å². The molecule has 0 aliphatic carbocycles. The van der Waals surface area contributed by atoms with E-state index in [1.165, 1.54) is 6.07 Å². The number of rotatable bonds is 3. The Morgan fingerprint density at radius 2 is 2.26 bits per heavy atom. The maximum atomic E-state index is 12.4. The van der Waals surface area contributed by atoms with Crippen LogP contribution in [0.1, 0.15) is 19.8 Å². The number of hydrogen-bond donors (Lipinski definition) is 0. The fraction of sp³-hybridized carbons (Fsp3) is 0.333. The molecule has 0 N–H and O–H groups in total. The van der Waals surface area contributed by atoms with Gasteiger partial charge in [0.1, 0.15) is 11.6 Å². The second-order valence-electron chi connectivity index (χ2n) is 5.54. The van der Waals surface area contributed by atoms with Crippen LogP contribution in [0.25, 0.3) is 11.0 Å². The van der Waals surface area contributed by atoms with Crippen LogP contribution in [0.15, 0.2) is 39.5 Å². The highest BCUT2D eigenvalue weighted by molar-refractivity contribution is 5.93. The summed E-state index contributed by atoms with van der Waals surface area (Å²) in [6.07, 6.45) is 6.21. The lowest BCUT2D eigenvalue weighted by atomic mass is 10.1. The van der Waals surface area contributed by atoms with Crippen LogP contribution in [0, 0.1) is 12.3 Å². The Morgan fingerprint density at radius 3 is 3.04 bits per heavy atom. The van der Waals surface area contributed by atoms with Crippen molar-refractivity contribution >= 4 is 22.6 Å². The lowest BCUT2D eigenvalue weighted by molar-refractivity contribution is -0.147. The average molecular weight is 311 g/mol. The van der Waals surface area contributed by atoms with E-state index in [2.05, 4.69) is 5.92 Å². The van der Waals surface area contributed by atoms with E-state index in [9.17, 15) is 9.59 Å². The highest BCUT2D eigenvalue weighted by Crippen LogP contribution is 2.31. The molecule has 1 saturated heterocycles. The molecular formula is C18H17NO4. The molecule has 118 valence electrons. The fourth-order valence-electron chi connectivity index (χ4n) is 2.92. The first-order valence-electron chi connectivity index (χ1n) is 7.56. The van der Waals surface area contributed by atoms with Crippen LogP contribution < -0.4 is 10.5 Å². The smallest absolute Gasteiger partial charge is 0.338 e. The molecule has 0 bridgehead atoms. The van der Waals surface area contributed by atoms with Crippen LogP contribution in [0.2, 0.25) is 0 Å². The van der Waals surface area contributed by atoms with Gasteiger partial charge in [-0.25, -0.2) is 9.59 Å². The Morgan fingerprint density at radius 1 is 1.48 bits per heavy atom. The van der Waals surface area contributed by atoms with Crippen molar-refractivity contribution in [3.63, 3.8) is 0 Å². The summed E-state index contributed by atoms with van der Waals surface area (Å²) < 4.78 is 10.5. The van der Waals surface area contributed by atoms with E-state index in [0.717, 1.165) is 11.8 Å². The minimum atomic E-state index is -0.567. The second kappa shape index (κ2) is 6.17. The van der Waals surface area contributed by atoms with Crippen molar-refractivity contribution in [1.82, 2.24) is 0 Å². The molecule has 1 aliphatic heterocycles. The van der Waals surface area contributed by atoms with Crippen LogP contribution >= 0.6 is 0 Å². The summed E-state index contributed by atoms with van der Waals surface area (Å²) in [5.41, 5.74) is 0.769. The molecule has 1 unspecified atom stereocenters. The highest BCUT2D eigenvalue weighted by Gasteiger charge is 2.34. The number of anilines is 1. The van der Waals surface area contributed by atoms with Crippen LogP contribution in [0.4, 0.5) is 5.69 Å². The summed E-state index contributed by atoms with van der Waals surface area (Å²) in [5, 5.41) is 0.803. The highest BCUT2D eigenvalue weighted by atomic mass is 16.5. The lowest BCUT2D eigenvalue weighted by Gasteiger charge is -2.26. The van der Waals surface area contributed by atoms with Crippen LogP contribution in [0.5, 0.6) is 0 Å². The number of esters is 1. The number of para-hydroxylation sites is 1. The number of nitrogens with zero attached hydrogens (tertiary/aromatic N) is 1. The monoisotopic (exact) mass is 311 g/mol. The molecule has 3 rings (SSSR count). The zero-order chi connectivity index (χ0) is 16.4. The van der Waals surface area contributed by atoms with E-state index >= 15 is 0 Å². The molecule has 2 heterocycles. The predicted octanol–water partition coefficient (Wildman–Crippen LogP) is 2.33. The van der Waals surface area contributed by atoms with E-state index in [1.54, 1.807) is 19.1 Å². The summed E-state index contributed by atoms with van der Waals surface area (Å²) in [7, 11) is 0. The number of carbonyl (C=O) groups is 1. The number of fused-ring (bicyclic) bond motifs is 1. The molecule has 5 nitrogen and oxygen atoms in total. The SMILES string of the molecule is C#CC(C)OC(=O)[C@@H]1CCCN1c1cc(=O)oc2ccccc12. The van der Waals surface area contributed by atoms with Gasteiger partial charge in [0.2, 0.25) is 0 Å². The molecule has 0 saturated carbocycles. The van der Waals surface area contributed by atoms with Crippen molar-refractivity contribution in [2.45, 2.75) is 31.9 Å². The molecule has 5 heteroatoms. The Hall–Kier alpha value is -2.74. The first-order valence-corrected chi connectivity index (χ1v) is 7.56. The van der Waals surface area contributed by atoms with Gasteiger partial charge in [0.25, 0.3) is 0 Å². The van der Waals surface area contributed by atoms with Gasteiger partial charge in [-0.15, -0.1) is 6.42 Å². The van der Waals surface area contributed by atoms with Crippen LogP contribution in [0.3, 0.4) is 0 Å². The van der Waals surface area contributed by atoms with Gasteiger partial charge in [0, 0.05) is 18.0 Å². The summed E-state index contributed by atoms with van der Waals surface area (Å²) >= 11 is 0. The van der Waals surface area contributed by atoms with Crippen LogP contribution in [-0.4, -0.2) is 24.7 Å². The Labute approximate surface area is 133 Å². The van der Waals surface area contributed by atoms with Crippen molar-refractivity contribution < 1.29 is 13.9 Å². The molecule has 0 spiro atoms. The first kappa shape index (κ1) is 15.2. The number of benzene rings is 1. The number of ether oxygens (including phenoxy) is 1. The third kappa shape index (κ3) is 2.93. The maximum absolute atomic E-state index is 12.4. The number of hydrogen-bond acceptors (Lipinski definition) is 5. The van der Waals surface area contributed by atoms with Gasteiger partial charge < -0.3 is 14.1 Å². The van der Waals surface area contributed by atoms with E-state index in [-0.39, 0.29) is 5.97 Å². The van der Waals surface area contributed by atoms with Crippen molar-refractivity contribution in [2.75, 3.05) is 11.4 Å². The molecule has 23 heavy (non-hydrogen) atoms. The molecule has 1 fully saturated rings. The zero-order valence-electron chi connectivity index (χ0n) is 12.8. The average Bonchev–Trinajstić information content (AvgIpc) is 3.03. The van der Waals surface area contributed by atoms with Gasteiger partial charge in [-0.1, -0.05) is 18.1 Å². The van der Waals surface area contributed by atoms with Gasteiger partial charge >= 0.3 is 11.6 Å². The largest absolute Gasteiger partial charge is 0.448 e. The number of carbonyl (C=O) groups excluding carboxylic acids is 1. The van der Waals surface area contributed by atoms with Gasteiger partial charge in [-0.05, 0) is 31.9 Å². The van der Waals surface area contributed by atoms with E-state index in [4.69, 9.17) is 15.6 Å². The standard InChI is InChI=1S/C18H17NO4/c1-3-12(2)22-18(21)14-8-6-10-19(14)15-11-17(20)23-16-9-5-4-7-13(15)16/h1,4-5,7,9,11-12,14H,6,8,10H2,2H3/t12?,14-/m0/s1. The van der Waals surface area contributed by atoms with E-state index in [0.29, 0.717) is 24.2 Å². The van der Waals surface area contributed by atoms with Crippen molar-refractivity contribution in [3.8, 4) is 12.3 Å². The van der Waals surface area contributed by atoms with Gasteiger partial charge in [0.05, 0.1) is 5.69 Å². The van der Waals surface area contributed by atoms with E-state index < -0.39 is 17.8 Å². The molecule has 0 amide bonds.